The third kappa shape index (κ3) is 2.59. The Morgan fingerprint density at radius 2 is 2.15 bits per heavy atom. The lowest BCUT2D eigenvalue weighted by atomic mass is 10.2. The molecule has 0 aliphatic rings. The summed E-state index contributed by atoms with van der Waals surface area (Å²) in [7, 11) is 0. The van der Waals surface area contributed by atoms with Crippen LogP contribution in [-0.2, 0) is 19.4 Å². The highest BCUT2D eigenvalue weighted by Crippen LogP contribution is 2.24. The number of hydrogen-bond donors (Lipinski definition) is 1. The van der Waals surface area contributed by atoms with Gasteiger partial charge in [-0.25, -0.2) is 9.78 Å². The van der Waals surface area contributed by atoms with E-state index in [1.165, 1.54) is 0 Å². The number of rotatable bonds is 6. The van der Waals surface area contributed by atoms with Gasteiger partial charge in [0.25, 0.3) is 0 Å². The molecule has 0 spiro atoms. The lowest BCUT2D eigenvalue weighted by Crippen LogP contribution is -1.99. The molecule has 108 valence electrons. The van der Waals surface area contributed by atoms with Crippen molar-refractivity contribution in [3.63, 3.8) is 0 Å². The van der Waals surface area contributed by atoms with Crippen molar-refractivity contribution in [2.24, 2.45) is 0 Å². The summed E-state index contributed by atoms with van der Waals surface area (Å²) in [5.41, 5.74) is 2.17. The Hall–Kier alpha value is -2.11. The molecule has 2 heterocycles. The largest absolute Gasteiger partial charge is 0.475 e. The van der Waals surface area contributed by atoms with Crippen LogP contribution in [0.2, 0.25) is 0 Å². The van der Waals surface area contributed by atoms with E-state index in [9.17, 15) is 9.90 Å². The highest BCUT2D eigenvalue weighted by molar-refractivity contribution is 5.86. The first-order valence-electron chi connectivity index (χ1n) is 6.90. The Morgan fingerprint density at radius 1 is 1.40 bits per heavy atom. The maximum absolute atomic E-state index is 11.2. The van der Waals surface area contributed by atoms with Crippen LogP contribution in [0.15, 0.2) is 10.5 Å². The molecule has 2 aromatic heterocycles. The first-order valence-corrected chi connectivity index (χ1v) is 6.90. The predicted octanol–water partition coefficient (Wildman–Crippen LogP) is 2.77. The van der Waals surface area contributed by atoms with Gasteiger partial charge in [-0.3, -0.25) is 4.68 Å². The highest BCUT2D eigenvalue weighted by atomic mass is 16.4. The van der Waals surface area contributed by atoms with Crippen LogP contribution in [0.1, 0.15) is 49.1 Å². The molecule has 6 nitrogen and oxygen atoms in total. The first kappa shape index (κ1) is 14.3. The minimum atomic E-state index is -1.08. The molecular weight excluding hydrogens is 258 g/mol. The highest BCUT2D eigenvalue weighted by Gasteiger charge is 2.22. The molecule has 2 aromatic rings. The van der Waals surface area contributed by atoms with E-state index in [4.69, 9.17) is 4.42 Å². The van der Waals surface area contributed by atoms with Gasteiger partial charge < -0.3 is 9.52 Å². The predicted molar refractivity (Wildman–Crippen MR) is 73.7 cm³/mol. The maximum Gasteiger partial charge on any atom is 0.373 e. The van der Waals surface area contributed by atoms with Gasteiger partial charge in [0.1, 0.15) is 5.69 Å². The van der Waals surface area contributed by atoms with Crippen LogP contribution < -0.4 is 0 Å². The molecule has 6 heteroatoms. The number of oxazole rings is 1. The maximum atomic E-state index is 11.2. The fourth-order valence-electron chi connectivity index (χ4n) is 2.09. The van der Waals surface area contributed by atoms with E-state index in [1.54, 1.807) is 4.68 Å². The SMILES string of the molecule is CCCc1nc(-c2cc(CC)nn2CC)oc1C(=O)O. The lowest BCUT2D eigenvalue weighted by Gasteiger charge is -1.99. The van der Waals surface area contributed by atoms with Crippen LogP contribution in [0.4, 0.5) is 0 Å². The third-order valence-electron chi connectivity index (χ3n) is 3.09. The zero-order chi connectivity index (χ0) is 14.7. The Kier molecular flexibility index (Phi) is 4.22. The third-order valence-corrected chi connectivity index (χ3v) is 3.09. The van der Waals surface area contributed by atoms with Gasteiger partial charge in [-0.05, 0) is 25.8 Å². The Bertz CT molecular complexity index is 613. The molecular formula is C14H19N3O3. The smallest absolute Gasteiger partial charge is 0.373 e. The number of aromatic carboxylic acids is 1. The second-order valence-electron chi connectivity index (χ2n) is 4.54. The molecule has 0 radical (unpaired) electrons. The average molecular weight is 277 g/mol. The summed E-state index contributed by atoms with van der Waals surface area (Å²) in [4.78, 5) is 15.5. The van der Waals surface area contributed by atoms with Crippen molar-refractivity contribution in [1.29, 1.82) is 0 Å². The monoisotopic (exact) mass is 277 g/mol. The van der Waals surface area contributed by atoms with Crippen molar-refractivity contribution in [1.82, 2.24) is 14.8 Å². The molecule has 0 bridgehead atoms. The number of aromatic nitrogens is 3. The second-order valence-corrected chi connectivity index (χ2v) is 4.54. The topological polar surface area (TPSA) is 81.2 Å². The fourth-order valence-corrected chi connectivity index (χ4v) is 2.09. The zero-order valence-corrected chi connectivity index (χ0v) is 12.0. The molecule has 2 rings (SSSR count). The van der Waals surface area contributed by atoms with E-state index >= 15 is 0 Å². The summed E-state index contributed by atoms with van der Waals surface area (Å²) in [6, 6.07) is 1.90. The van der Waals surface area contributed by atoms with E-state index in [0.717, 1.165) is 24.2 Å². The first-order chi connectivity index (χ1) is 9.60. The number of carboxylic acid groups (broad SMARTS) is 1. The van der Waals surface area contributed by atoms with E-state index < -0.39 is 5.97 Å². The molecule has 0 amide bonds. The number of carbonyl (C=O) groups is 1. The van der Waals surface area contributed by atoms with Crippen LogP contribution in [-0.4, -0.2) is 25.8 Å². The van der Waals surface area contributed by atoms with Crippen LogP contribution in [0, 0.1) is 0 Å². The van der Waals surface area contributed by atoms with Gasteiger partial charge in [0, 0.05) is 6.54 Å². The van der Waals surface area contributed by atoms with E-state index in [2.05, 4.69) is 10.1 Å². The van der Waals surface area contributed by atoms with E-state index in [0.29, 0.717) is 24.6 Å². The summed E-state index contributed by atoms with van der Waals surface area (Å²) >= 11 is 0. The van der Waals surface area contributed by atoms with Gasteiger partial charge in [-0.1, -0.05) is 20.3 Å². The van der Waals surface area contributed by atoms with Crippen LogP contribution in [0.5, 0.6) is 0 Å². The normalized spacial score (nSPS) is 10.9. The summed E-state index contributed by atoms with van der Waals surface area (Å²) in [6.07, 6.45) is 2.22. The van der Waals surface area contributed by atoms with Crippen molar-refractivity contribution < 1.29 is 14.3 Å². The van der Waals surface area contributed by atoms with Crippen LogP contribution in [0.3, 0.4) is 0 Å². The summed E-state index contributed by atoms with van der Waals surface area (Å²) in [5, 5.41) is 13.6. The molecule has 1 N–H and O–H groups in total. The number of hydrogen-bond acceptors (Lipinski definition) is 4. The summed E-state index contributed by atoms with van der Waals surface area (Å²) < 4.78 is 7.23. The van der Waals surface area contributed by atoms with E-state index in [1.807, 2.05) is 26.8 Å². The Balaban J connectivity index is 2.49. The molecule has 0 unspecified atom stereocenters. The molecule has 0 aliphatic carbocycles. The fraction of sp³-hybridized carbons (Fsp3) is 0.500. The Morgan fingerprint density at radius 3 is 2.70 bits per heavy atom. The van der Waals surface area contributed by atoms with Crippen LogP contribution in [0.25, 0.3) is 11.6 Å². The molecule has 20 heavy (non-hydrogen) atoms. The van der Waals surface area contributed by atoms with Crippen molar-refractivity contribution in [2.75, 3.05) is 0 Å². The molecule has 0 aliphatic heterocycles. The molecule has 0 saturated heterocycles. The van der Waals surface area contributed by atoms with Gasteiger partial charge in [-0.2, -0.15) is 5.10 Å². The zero-order valence-electron chi connectivity index (χ0n) is 12.0. The molecule has 0 fully saturated rings. The standard InChI is InChI=1S/C14H19N3O3/c1-4-7-10-12(14(18)19)20-13(15-10)11-8-9(5-2)16-17(11)6-3/h8H,4-7H2,1-3H3,(H,18,19). The average Bonchev–Trinajstić information content (AvgIpc) is 3.02. The number of carboxylic acids is 1. The summed E-state index contributed by atoms with van der Waals surface area (Å²) in [6.45, 7) is 6.66. The molecule has 0 aromatic carbocycles. The molecule has 0 atom stereocenters. The van der Waals surface area contributed by atoms with Gasteiger partial charge in [0.05, 0.1) is 11.4 Å². The van der Waals surface area contributed by atoms with E-state index in [-0.39, 0.29) is 5.76 Å². The van der Waals surface area contributed by atoms with Crippen molar-refractivity contribution in [3.05, 3.63) is 23.2 Å². The minimum absolute atomic E-state index is 0.0660. The van der Waals surface area contributed by atoms with Crippen LogP contribution >= 0.6 is 0 Å². The second kappa shape index (κ2) is 5.90. The number of aryl methyl sites for hydroxylation is 3. The van der Waals surface area contributed by atoms with Crippen molar-refractivity contribution in [2.45, 2.75) is 46.6 Å². The van der Waals surface area contributed by atoms with Gasteiger partial charge in [-0.15, -0.1) is 0 Å². The van der Waals surface area contributed by atoms with Gasteiger partial charge >= 0.3 is 5.97 Å². The quantitative estimate of drug-likeness (QED) is 0.878. The van der Waals surface area contributed by atoms with Crippen molar-refractivity contribution in [3.8, 4) is 11.6 Å². The minimum Gasteiger partial charge on any atom is -0.475 e. The number of nitrogens with zero attached hydrogens (tertiary/aromatic N) is 3. The molecule has 0 saturated carbocycles. The van der Waals surface area contributed by atoms with Crippen molar-refractivity contribution >= 4 is 5.97 Å². The lowest BCUT2D eigenvalue weighted by molar-refractivity contribution is 0.0661. The Labute approximate surface area is 117 Å². The summed E-state index contributed by atoms with van der Waals surface area (Å²) in [5.74, 6) is -0.811. The van der Waals surface area contributed by atoms with Gasteiger partial charge in [0.15, 0.2) is 0 Å². The van der Waals surface area contributed by atoms with Gasteiger partial charge in [0.2, 0.25) is 11.7 Å².